The zero-order chi connectivity index (χ0) is 32.8. The Balaban J connectivity index is 1.14. The van der Waals surface area contributed by atoms with E-state index in [2.05, 4.69) is 20.2 Å². The minimum atomic E-state index is -1.01. The van der Waals surface area contributed by atoms with Crippen LogP contribution in [0.3, 0.4) is 0 Å². The van der Waals surface area contributed by atoms with Crippen molar-refractivity contribution in [3.63, 3.8) is 0 Å². The number of aliphatic hydroxyl groups excluding tert-OH is 1. The van der Waals surface area contributed by atoms with Gasteiger partial charge >= 0.3 is 6.09 Å². The Labute approximate surface area is 277 Å². The van der Waals surface area contributed by atoms with E-state index < -0.39 is 30.4 Å². The topological polar surface area (TPSA) is 141 Å². The molecule has 2 amide bonds. The van der Waals surface area contributed by atoms with Crippen LogP contribution in [0.15, 0.2) is 66.7 Å². The number of aromatic nitrogens is 2. The molecule has 0 bridgehead atoms. The highest BCUT2D eigenvalue weighted by atomic mass is 32.1. The van der Waals surface area contributed by atoms with Crippen LogP contribution in [0.25, 0.3) is 10.2 Å². The summed E-state index contributed by atoms with van der Waals surface area (Å²) in [7, 11) is 0. The lowest BCUT2D eigenvalue weighted by Crippen LogP contribution is -2.50. The van der Waals surface area contributed by atoms with E-state index in [-0.39, 0.29) is 37.7 Å². The number of benzene rings is 3. The van der Waals surface area contributed by atoms with Crippen LogP contribution < -0.4 is 15.4 Å². The van der Waals surface area contributed by atoms with Crippen molar-refractivity contribution < 1.29 is 33.6 Å². The second kappa shape index (κ2) is 15.2. The smallest absolute Gasteiger partial charge is 0.407 e. The first-order chi connectivity index (χ1) is 22.8. The fourth-order valence-corrected chi connectivity index (χ4v) is 7.14. The van der Waals surface area contributed by atoms with Crippen molar-refractivity contribution in [1.29, 1.82) is 0 Å². The van der Waals surface area contributed by atoms with Crippen molar-refractivity contribution >= 4 is 33.7 Å². The fourth-order valence-electron chi connectivity index (χ4n) is 6.42. The first-order valence-electron chi connectivity index (χ1n) is 15.9. The van der Waals surface area contributed by atoms with Gasteiger partial charge in [0.25, 0.3) is 5.91 Å². The number of alkyl carbamates (subject to hydrolysis) is 1. The SMILES string of the molecule is Cc1cc2snnc2c(C)c1OCC(=O)N[C@@H](Cc1ccccc1)C[C@H](O)[C@H](Cc1ccccc1)NC(=O)O[C@H]1CO[C@H]2OCC[C@H]21. The van der Waals surface area contributed by atoms with Crippen LogP contribution in [0.5, 0.6) is 5.75 Å². The number of fused-ring (bicyclic) bond motifs is 2. The summed E-state index contributed by atoms with van der Waals surface area (Å²) in [5.41, 5.74) is 4.43. The number of aliphatic hydroxyl groups is 1. The van der Waals surface area contributed by atoms with Gasteiger partial charge in [0.15, 0.2) is 12.9 Å². The molecule has 6 atom stereocenters. The third-order valence-corrected chi connectivity index (χ3v) is 9.46. The Kier molecular flexibility index (Phi) is 10.6. The van der Waals surface area contributed by atoms with Gasteiger partial charge in [-0.3, -0.25) is 4.79 Å². The van der Waals surface area contributed by atoms with Crippen LogP contribution in [0.2, 0.25) is 0 Å². The number of aryl methyl sites for hydroxylation is 2. The number of carbonyl (C=O) groups is 2. The van der Waals surface area contributed by atoms with E-state index >= 15 is 0 Å². The van der Waals surface area contributed by atoms with Gasteiger partial charge in [-0.25, -0.2) is 4.79 Å². The Morgan fingerprint density at radius 3 is 2.49 bits per heavy atom. The first kappa shape index (κ1) is 32.8. The molecule has 3 aromatic carbocycles. The summed E-state index contributed by atoms with van der Waals surface area (Å²) in [6, 6.07) is 20.2. The summed E-state index contributed by atoms with van der Waals surface area (Å²) >= 11 is 1.32. The van der Waals surface area contributed by atoms with Crippen LogP contribution in [0, 0.1) is 19.8 Å². The van der Waals surface area contributed by atoms with E-state index in [0.717, 1.165) is 38.9 Å². The van der Waals surface area contributed by atoms with Crippen molar-refractivity contribution in [2.75, 3.05) is 19.8 Å². The van der Waals surface area contributed by atoms with Gasteiger partial charge in [-0.15, -0.1) is 5.10 Å². The molecular weight excluding hydrogens is 620 g/mol. The molecule has 2 saturated heterocycles. The van der Waals surface area contributed by atoms with Gasteiger partial charge in [0.05, 0.1) is 36.0 Å². The quantitative estimate of drug-likeness (QED) is 0.192. The Morgan fingerprint density at radius 1 is 1.02 bits per heavy atom. The molecular formula is C35H40N4O7S. The van der Waals surface area contributed by atoms with Crippen LogP contribution >= 0.6 is 11.5 Å². The molecule has 0 spiro atoms. The van der Waals surface area contributed by atoms with Crippen molar-refractivity contribution in [3.05, 3.63) is 89.0 Å². The number of hydrogen-bond acceptors (Lipinski definition) is 10. The lowest BCUT2D eigenvalue weighted by atomic mass is 9.93. The van der Waals surface area contributed by atoms with Gasteiger partial charge in [-0.2, -0.15) is 0 Å². The van der Waals surface area contributed by atoms with E-state index in [0.29, 0.717) is 25.2 Å². The van der Waals surface area contributed by atoms with E-state index in [1.165, 1.54) is 11.5 Å². The molecule has 11 nitrogen and oxygen atoms in total. The van der Waals surface area contributed by atoms with Crippen LogP contribution in [0.4, 0.5) is 4.79 Å². The molecule has 4 aromatic rings. The van der Waals surface area contributed by atoms with Gasteiger partial charge < -0.3 is 34.7 Å². The van der Waals surface area contributed by atoms with Crippen LogP contribution in [0.1, 0.15) is 35.1 Å². The summed E-state index contributed by atoms with van der Waals surface area (Å²) in [5, 5.41) is 21.8. The molecule has 2 aliphatic heterocycles. The summed E-state index contributed by atoms with van der Waals surface area (Å²) in [4.78, 5) is 26.5. The highest BCUT2D eigenvalue weighted by Gasteiger charge is 2.44. The Morgan fingerprint density at radius 2 is 1.74 bits per heavy atom. The van der Waals surface area contributed by atoms with Crippen molar-refractivity contribution in [2.24, 2.45) is 5.92 Å². The number of nitrogens with zero attached hydrogens (tertiary/aromatic N) is 2. The molecule has 47 heavy (non-hydrogen) atoms. The number of hydrogen-bond donors (Lipinski definition) is 3. The van der Waals surface area contributed by atoms with Crippen LogP contribution in [-0.2, 0) is 31.8 Å². The zero-order valence-electron chi connectivity index (χ0n) is 26.5. The predicted molar refractivity (Wildman–Crippen MR) is 176 cm³/mol. The molecule has 2 aliphatic rings. The second-order valence-electron chi connectivity index (χ2n) is 12.2. The summed E-state index contributed by atoms with van der Waals surface area (Å²) in [5.74, 6) is 0.280. The maximum absolute atomic E-state index is 13.3. The van der Waals surface area contributed by atoms with Crippen molar-refractivity contribution in [3.8, 4) is 5.75 Å². The highest BCUT2D eigenvalue weighted by molar-refractivity contribution is 7.13. The van der Waals surface area contributed by atoms with Gasteiger partial charge in [-0.1, -0.05) is 65.2 Å². The second-order valence-corrected chi connectivity index (χ2v) is 13.0. The molecule has 6 rings (SSSR count). The maximum atomic E-state index is 13.3. The molecule has 248 valence electrons. The standard InChI is InChI=1S/C35H40N4O7S/c1-21-15-30-32(38-39-47-30)22(2)33(21)44-20-31(41)36-25(16-23-9-5-3-6-10-23)18-28(40)27(17-24-11-7-4-8-12-24)37-35(42)46-29-19-45-34-26(29)13-14-43-34/h3-12,15,25-29,34,40H,13-14,16-20H2,1-2H3,(H,36,41)(H,37,42)/t25-,26-,27-,28-,29-,34+/m0/s1. The molecule has 0 radical (unpaired) electrons. The first-order valence-corrected chi connectivity index (χ1v) is 16.7. The van der Waals surface area contributed by atoms with E-state index in [1.54, 1.807) is 0 Å². The summed E-state index contributed by atoms with van der Waals surface area (Å²) in [6.07, 6.45) is -0.605. The average molecular weight is 661 g/mol. The van der Waals surface area contributed by atoms with Gasteiger partial charge in [0.1, 0.15) is 17.4 Å². The third-order valence-electron chi connectivity index (χ3n) is 8.79. The normalized spacial score (nSPS) is 20.7. The molecule has 3 N–H and O–H groups in total. The summed E-state index contributed by atoms with van der Waals surface area (Å²) in [6.45, 7) is 4.47. The summed E-state index contributed by atoms with van der Waals surface area (Å²) < 4.78 is 27.9. The molecule has 0 unspecified atom stereocenters. The minimum Gasteiger partial charge on any atom is -0.483 e. The lowest BCUT2D eigenvalue weighted by molar-refractivity contribution is -0.124. The molecule has 3 heterocycles. The maximum Gasteiger partial charge on any atom is 0.407 e. The lowest BCUT2D eigenvalue weighted by Gasteiger charge is -2.29. The number of nitrogens with one attached hydrogen (secondary N) is 2. The highest BCUT2D eigenvalue weighted by Crippen LogP contribution is 2.33. The number of carbonyl (C=O) groups excluding carboxylic acids is 2. The third kappa shape index (κ3) is 8.25. The fraction of sp³-hybridized carbons (Fsp3) is 0.429. The monoisotopic (exact) mass is 660 g/mol. The average Bonchev–Trinajstić information content (AvgIpc) is 3.81. The van der Waals surface area contributed by atoms with Crippen molar-refractivity contribution in [1.82, 2.24) is 20.2 Å². The molecule has 2 fully saturated rings. The largest absolute Gasteiger partial charge is 0.483 e. The van der Waals surface area contributed by atoms with Gasteiger partial charge in [0, 0.05) is 11.6 Å². The number of ether oxygens (including phenoxy) is 4. The van der Waals surface area contributed by atoms with E-state index in [4.69, 9.17) is 18.9 Å². The van der Waals surface area contributed by atoms with Crippen molar-refractivity contribution in [2.45, 2.75) is 70.1 Å². The number of amides is 2. The van der Waals surface area contributed by atoms with Gasteiger partial charge in [0.2, 0.25) is 0 Å². The van der Waals surface area contributed by atoms with Gasteiger partial charge in [-0.05, 0) is 73.8 Å². The molecule has 0 aliphatic carbocycles. The zero-order valence-corrected chi connectivity index (χ0v) is 27.3. The molecule has 0 saturated carbocycles. The predicted octanol–water partition coefficient (Wildman–Crippen LogP) is 4.26. The Hall–Kier alpha value is -4.10. The number of rotatable bonds is 13. The van der Waals surface area contributed by atoms with E-state index in [9.17, 15) is 14.7 Å². The molecule has 12 heteroatoms. The molecule has 1 aromatic heterocycles. The Bertz CT molecular complexity index is 1650. The minimum absolute atomic E-state index is 0.00130. The van der Waals surface area contributed by atoms with Crippen LogP contribution in [-0.4, -0.2) is 77.1 Å². The van der Waals surface area contributed by atoms with E-state index in [1.807, 2.05) is 80.6 Å².